The highest BCUT2D eigenvalue weighted by Gasteiger charge is 2.34. The molecule has 2 amide bonds. The summed E-state index contributed by atoms with van der Waals surface area (Å²) in [4.78, 5) is 53.2. The van der Waals surface area contributed by atoms with Crippen molar-refractivity contribution >= 4 is 52.1 Å². The maximum Gasteiger partial charge on any atom is 0.303 e. The third kappa shape index (κ3) is 8.62. The Bertz CT molecular complexity index is 1540. The number of hydrogen-bond donors (Lipinski definition) is 4. The zero-order valence-corrected chi connectivity index (χ0v) is 29.4. The summed E-state index contributed by atoms with van der Waals surface area (Å²) < 4.78 is 12.0. The lowest BCUT2D eigenvalue weighted by molar-refractivity contribution is -0.137. The first-order valence-electron chi connectivity index (χ1n) is 15.7. The Labute approximate surface area is 286 Å². The third-order valence-electron chi connectivity index (χ3n) is 8.41. The lowest BCUT2D eigenvalue weighted by atomic mass is 9.84. The largest absolute Gasteiger partial charge is 0.493 e. The van der Waals surface area contributed by atoms with Crippen molar-refractivity contribution < 1.29 is 33.8 Å². The van der Waals surface area contributed by atoms with Gasteiger partial charge < -0.3 is 35.4 Å². The maximum atomic E-state index is 14.0. The zero-order valence-electron chi connectivity index (χ0n) is 27.7. The molecule has 13 heteroatoms. The fourth-order valence-corrected chi connectivity index (χ4v) is 5.90. The van der Waals surface area contributed by atoms with Crippen LogP contribution in [-0.4, -0.2) is 79.3 Å². The van der Waals surface area contributed by atoms with Crippen LogP contribution in [0.25, 0.3) is 0 Å². The monoisotopic (exact) mass is 715 g/mol. The summed E-state index contributed by atoms with van der Waals surface area (Å²) in [6.45, 7) is 9.81. The summed E-state index contributed by atoms with van der Waals surface area (Å²) >= 11 is 0. The van der Waals surface area contributed by atoms with Crippen LogP contribution in [0.5, 0.6) is 11.5 Å². The first-order chi connectivity index (χ1) is 21.7. The van der Waals surface area contributed by atoms with E-state index in [1.165, 1.54) is 7.05 Å². The van der Waals surface area contributed by atoms with Gasteiger partial charge in [-0.3, -0.25) is 24.6 Å². The number of benzene rings is 2. The molecule has 0 aliphatic carbocycles. The Morgan fingerprint density at radius 1 is 1.11 bits per heavy atom. The second kappa shape index (κ2) is 15.6. The predicted molar refractivity (Wildman–Crippen MR) is 185 cm³/mol. The molecule has 12 nitrogen and oxygen atoms in total. The van der Waals surface area contributed by atoms with Crippen LogP contribution >= 0.6 is 17.0 Å². The fraction of sp³-hybridized carbons (Fsp3) is 0.500. The molecule has 2 heterocycles. The number of amides is 2. The number of ether oxygens (including phenoxy) is 2. The van der Waals surface area contributed by atoms with Crippen LogP contribution < -0.4 is 25.4 Å². The second-order valence-corrected chi connectivity index (χ2v) is 12.8. The van der Waals surface area contributed by atoms with E-state index in [1.54, 1.807) is 23.1 Å². The number of unbranched alkanes of at least 4 members (excludes halogenated alkanes) is 1. The molecule has 0 aromatic heterocycles. The van der Waals surface area contributed by atoms with Crippen LogP contribution in [0, 0.1) is 11.3 Å². The van der Waals surface area contributed by atoms with E-state index in [0.717, 1.165) is 11.1 Å². The molecule has 0 radical (unpaired) electrons. The van der Waals surface area contributed by atoms with Crippen molar-refractivity contribution in [2.45, 2.75) is 65.3 Å². The predicted octanol–water partition coefficient (Wildman–Crippen LogP) is 4.29. The molecule has 2 aliphatic rings. The number of nitrogens with one attached hydrogen (secondary N) is 2. The van der Waals surface area contributed by atoms with Gasteiger partial charge in [0.25, 0.3) is 5.91 Å². The summed E-state index contributed by atoms with van der Waals surface area (Å²) in [6.07, 6.45) is 1.66. The maximum absolute atomic E-state index is 14.0. The van der Waals surface area contributed by atoms with E-state index in [0.29, 0.717) is 86.0 Å². The number of halogens is 1. The van der Waals surface area contributed by atoms with Crippen molar-refractivity contribution in [1.29, 1.82) is 5.41 Å². The van der Waals surface area contributed by atoms with E-state index in [2.05, 4.69) is 5.32 Å². The molecule has 256 valence electrons. The summed E-state index contributed by atoms with van der Waals surface area (Å²) in [5.41, 5.74) is 8.87. The van der Waals surface area contributed by atoms with E-state index in [9.17, 15) is 19.2 Å². The van der Waals surface area contributed by atoms with E-state index in [4.69, 9.17) is 25.7 Å². The van der Waals surface area contributed by atoms with Crippen molar-refractivity contribution in [2.75, 3.05) is 44.8 Å². The van der Waals surface area contributed by atoms with E-state index >= 15 is 0 Å². The third-order valence-corrected chi connectivity index (χ3v) is 8.41. The summed E-state index contributed by atoms with van der Waals surface area (Å²) in [5, 5.41) is 20.5. The van der Waals surface area contributed by atoms with E-state index < -0.39 is 11.4 Å². The molecule has 4 rings (SSSR count). The number of nitrogens with zero attached hydrogens (tertiary/aromatic N) is 2. The highest BCUT2D eigenvalue weighted by molar-refractivity contribution is 8.93. The molecule has 0 saturated carbocycles. The number of aliphatic carboxylic acids is 1. The molecule has 1 atom stereocenters. The molecule has 2 aromatic rings. The van der Waals surface area contributed by atoms with Crippen molar-refractivity contribution in [3.8, 4) is 11.5 Å². The number of nitrogens with two attached hydrogens (primary N) is 1. The number of carbonyl (C=O) groups excluding carboxylic acids is 3. The van der Waals surface area contributed by atoms with Gasteiger partial charge in [-0.2, -0.15) is 0 Å². The second-order valence-electron chi connectivity index (χ2n) is 12.8. The molecule has 1 unspecified atom stereocenters. The molecule has 1 saturated heterocycles. The molecule has 0 spiro atoms. The fourth-order valence-electron chi connectivity index (χ4n) is 5.90. The molecular formula is C34H46BrN5O7. The number of amidine groups is 1. The average molecular weight is 717 g/mol. The van der Waals surface area contributed by atoms with Gasteiger partial charge in [-0.05, 0) is 61.4 Å². The minimum Gasteiger partial charge on any atom is -0.493 e. The van der Waals surface area contributed by atoms with Gasteiger partial charge in [-0.1, -0.05) is 20.8 Å². The summed E-state index contributed by atoms with van der Waals surface area (Å²) in [5.74, 6) is -0.885. The van der Waals surface area contributed by atoms with Crippen LogP contribution in [0.15, 0.2) is 24.3 Å². The van der Waals surface area contributed by atoms with Crippen LogP contribution in [0.3, 0.4) is 0 Å². The quantitative estimate of drug-likeness (QED) is 0.164. The van der Waals surface area contributed by atoms with Crippen molar-refractivity contribution in [2.24, 2.45) is 11.7 Å². The van der Waals surface area contributed by atoms with Gasteiger partial charge in [0.15, 0.2) is 5.78 Å². The standard InChI is InChI=1S/C34H45N5O7.BrH/c1-6-45-28-15-22-18-39(31(35)23(22)16-24(28)33(44)37-5)19-27(40)21-13-25(34(2,3)4)30(46-12-8-7-9-29(41)42)26(14-21)38-11-10-20(17-38)32(36)43;/h13-16,20,35H,6-12,17-19H2,1-5H3,(H2,36,43)(H,37,44)(H,41,42);1H. The Morgan fingerprint density at radius 3 is 2.43 bits per heavy atom. The topological polar surface area (TPSA) is 175 Å². The Hall–Kier alpha value is -4.13. The molecule has 5 N–H and O–H groups in total. The average Bonchev–Trinajstić information content (AvgIpc) is 3.60. The highest BCUT2D eigenvalue weighted by atomic mass is 79.9. The SMILES string of the molecule is Br.CCOc1cc2c(cc1C(=O)NC)C(=N)N(CC(=O)c1cc(N3CCC(C(N)=O)C3)c(OCCCCC(=O)O)c(C(C)(C)C)c1)C2. The van der Waals surface area contributed by atoms with E-state index in [1.807, 2.05) is 38.7 Å². The number of fused-ring (bicyclic) bond motifs is 1. The number of hydrogen-bond acceptors (Lipinski definition) is 8. The molecule has 2 aliphatic heterocycles. The summed E-state index contributed by atoms with van der Waals surface area (Å²) in [7, 11) is 1.54. The van der Waals surface area contributed by atoms with Gasteiger partial charge in [0, 0.05) is 49.8 Å². The van der Waals surface area contributed by atoms with Gasteiger partial charge >= 0.3 is 5.97 Å². The Kier molecular flexibility index (Phi) is 12.4. The van der Waals surface area contributed by atoms with Crippen LogP contribution in [0.1, 0.15) is 90.8 Å². The minimum absolute atomic E-state index is 0. The number of ketones is 1. The van der Waals surface area contributed by atoms with Crippen LogP contribution in [0.4, 0.5) is 5.69 Å². The molecule has 47 heavy (non-hydrogen) atoms. The van der Waals surface area contributed by atoms with Crippen molar-refractivity contribution in [3.05, 3.63) is 52.1 Å². The number of carbonyl (C=O) groups is 4. The first kappa shape index (κ1) is 37.3. The smallest absolute Gasteiger partial charge is 0.303 e. The van der Waals surface area contributed by atoms with E-state index in [-0.39, 0.29) is 59.3 Å². The van der Waals surface area contributed by atoms with Crippen molar-refractivity contribution in [1.82, 2.24) is 10.2 Å². The Balaban J connectivity index is 0.00000600. The first-order valence-corrected chi connectivity index (χ1v) is 15.7. The number of anilines is 1. The number of carboxylic acid groups (broad SMARTS) is 1. The molecule has 1 fully saturated rings. The number of Topliss-reactive ketones (excluding diaryl/α,β-unsaturated/α-hetero) is 1. The zero-order chi connectivity index (χ0) is 33.8. The van der Waals surface area contributed by atoms with Crippen LogP contribution in [-0.2, 0) is 21.5 Å². The lowest BCUT2D eigenvalue weighted by Crippen LogP contribution is -2.31. The highest BCUT2D eigenvalue weighted by Crippen LogP contribution is 2.42. The lowest BCUT2D eigenvalue weighted by Gasteiger charge is -2.30. The number of rotatable bonds is 14. The van der Waals surface area contributed by atoms with Crippen LogP contribution in [0.2, 0.25) is 0 Å². The molecule has 2 aromatic carbocycles. The van der Waals surface area contributed by atoms with Gasteiger partial charge in [0.1, 0.15) is 17.3 Å². The normalized spacial score (nSPS) is 15.6. The molecule has 0 bridgehead atoms. The van der Waals surface area contributed by atoms with Gasteiger partial charge in [0.05, 0.1) is 36.9 Å². The molecular weight excluding hydrogens is 670 g/mol. The number of carboxylic acids is 1. The summed E-state index contributed by atoms with van der Waals surface area (Å²) in [6, 6.07) is 7.04. The van der Waals surface area contributed by atoms with Gasteiger partial charge in [-0.25, -0.2) is 0 Å². The van der Waals surface area contributed by atoms with Gasteiger partial charge in [0.2, 0.25) is 5.91 Å². The number of primary amides is 1. The van der Waals surface area contributed by atoms with Crippen molar-refractivity contribution in [3.63, 3.8) is 0 Å². The van der Waals surface area contributed by atoms with Gasteiger partial charge in [-0.15, -0.1) is 17.0 Å². The minimum atomic E-state index is -0.857. The Morgan fingerprint density at radius 2 is 1.83 bits per heavy atom.